The molecule has 25 heavy (non-hydrogen) atoms. The van der Waals surface area contributed by atoms with Gasteiger partial charge in [0.1, 0.15) is 17.5 Å². The standard InChI is InChI=1S/C20H13F2N3/c21-14-6-4-5-13(11-14)19-24-18-10-9-15(22)12-17(18)20(25-19)23-16-7-2-1-3-8-16/h1-12H,(H,23,24,25). The topological polar surface area (TPSA) is 37.8 Å². The minimum atomic E-state index is -0.370. The molecule has 0 atom stereocenters. The van der Waals surface area contributed by atoms with Crippen molar-refractivity contribution in [1.29, 1.82) is 0 Å². The molecule has 3 nitrogen and oxygen atoms in total. The van der Waals surface area contributed by atoms with Gasteiger partial charge in [-0.05, 0) is 42.5 Å². The van der Waals surface area contributed by atoms with Crippen LogP contribution in [0.5, 0.6) is 0 Å². The molecule has 0 saturated carbocycles. The third-order valence-corrected chi connectivity index (χ3v) is 3.78. The number of nitrogens with one attached hydrogen (secondary N) is 1. The van der Waals surface area contributed by atoms with Crippen LogP contribution >= 0.6 is 0 Å². The van der Waals surface area contributed by atoms with Gasteiger partial charge < -0.3 is 5.32 Å². The van der Waals surface area contributed by atoms with Gasteiger partial charge in [-0.1, -0.05) is 30.3 Å². The van der Waals surface area contributed by atoms with Crippen molar-refractivity contribution >= 4 is 22.4 Å². The van der Waals surface area contributed by atoms with Gasteiger partial charge in [-0.3, -0.25) is 0 Å². The zero-order valence-electron chi connectivity index (χ0n) is 13.1. The lowest BCUT2D eigenvalue weighted by Crippen LogP contribution is -2.00. The fourth-order valence-corrected chi connectivity index (χ4v) is 2.61. The average Bonchev–Trinajstić information content (AvgIpc) is 2.63. The van der Waals surface area contributed by atoms with E-state index in [-0.39, 0.29) is 11.6 Å². The Balaban J connectivity index is 1.90. The van der Waals surface area contributed by atoms with Crippen molar-refractivity contribution in [3.05, 3.63) is 84.4 Å². The van der Waals surface area contributed by atoms with Crippen molar-refractivity contribution in [2.24, 2.45) is 0 Å². The summed E-state index contributed by atoms with van der Waals surface area (Å²) in [7, 11) is 0. The smallest absolute Gasteiger partial charge is 0.162 e. The fraction of sp³-hybridized carbons (Fsp3) is 0. The summed E-state index contributed by atoms with van der Waals surface area (Å²) in [6.07, 6.45) is 0. The van der Waals surface area contributed by atoms with Crippen LogP contribution < -0.4 is 5.32 Å². The molecule has 0 amide bonds. The SMILES string of the molecule is Fc1cccc(-c2nc(Nc3ccccc3)c3cc(F)ccc3n2)c1. The first-order chi connectivity index (χ1) is 12.2. The van der Waals surface area contributed by atoms with E-state index in [4.69, 9.17) is 0 Å². The van der Waals surface area contributed by atoms with E-state index in [9.17, 15) is 8.78 Å². The molecule has 0 saturated heterocycles. The van der Waals surface area contributed by atoms with Gasteiger partial charge >= 0.3 is 0 Å². The van der Waals surface area contributed by atoms with E-state index in [2.05, 4.69) is 15.3 Å². The van der Waals surface area contributed by atoms with Crippen LogP contribution in [-0.2, 0) is 0 Å². The lowest BCUT2D eigenvalue weighted by atomic mass is 10.1. The van der Waals surface area contributed by atoms with Crippen LogP contribution in [0, 0.1) is 11.6 Å². The molecular weight excluding hydrogens is 320 g/mol. The van der Waals surface area contributed by atoms with Crippen LogP contribution in [-0.4, -0.2) is 9.97 Å². The lowest BCUT2D eigenvalue weighted by Gasteiger charge is -2.11. The summed E-state index contributed by atoms with van der Waals surface area (Å²) >= 11 is 0. The van der Waals surface area contributed by atoms with Crippen molar-refractivity contribution in [3.63, 3.8) is 0 Å². The van der Waals surface area contributed by atoms with Gasteiger partial charge in [0.25, 0.3) is 0 Å². The molecule has 4 aromatic rings. The van der Waals surface area contributed by atoms with E-state index in [1.165, 1.54) is 24.3 Å². The number of hydrogen-bond donors (Lipinski definition) is 1. The predicted molar refractivity (Wildman–Crippen MR) is 94.6 cm³/mol. The lowest BCUT2D eigenvalue weighted by molar-refractivity contribution is 0.628. The van der Waals surface area contributed by atoms with Gasteiger partial charge in [0, 0.05) is 16.6 Å². The number of halogens is 2. The summed E-state index contributed by atoms with van der Waals surface area (Å²) in [6, 6.07) is 19.8. The highest BCUT2D eigenvalue weighted by atomic mass is 19.1. The molecule has 1 heterocycles. The van der Waals surface area contributed by atoms with E-state index >= 15 is 0 Å². The minimum absolute atomic E-state index is 0.363. The zero-order valence-corrected chi connectivity index (χ0v) is 13.1. The number of rotatable bonds is 3. The molecule has 0 aliphatic rings. The summed E-state index contributed by atoms with van der Waals surface area (Å²) in [5.41, 5.74) is 1.95. The van der Waals surface area contributed by atoms with E-state index < -0.39 is 0 Å². The predicted octanol–water partition coefficient (Wildman–Crippen LogP) is 5.32. The van der Waals surface area contributed by atoms with Gasteiger partial charge in [-0.2, -0.15) is 0 Å². The fourth-order valence-electron chi connectivity index (χ4n) is 2.61. The summed E-state index contributed by atoms with van der Waals surface area (Å²) < 4.78 is 27.2. The van der Waals surface area contributed by atoms with E-state index in [0.29, 0.717) is 28.1 Å². The van der Waals surface area contributed by atoms with Gasteiger partial charge in [0.15, 0.2) is 5.82 Å². The molecule has 0 aliphatic heterocycles. The first-order valence-electron chi connectivity index (χ1n) is 7.74. The second-order valence-electron chi connectivity index (χ2n) is 5.56. The molecule has 1 N–H and O–H groups in total. The van der Waals surface area contributed by atoms with Crippen LogP contribution in [0.2, 0.25) is 0 Å². The maximum Gasteiger partial charge on any atom is 0.162 e. The molecule has 0 bridgehead atoms. The second-order valence-corrected chi connectivity index (χ2v) is 5.56. The average molecular weight is 333 g/mol. The maximum absolute atomic E-state index is 13.7. The number of fused-ring (bicyclic) bond motifs is 1. The Morgan fingerprint density at radius 1 is 0.720 bits per heavy atom. The summed E-state index contributed by atoms with van der Waals surface area (Å²) in [6.45, 7) is 0. The molecule has 0 aliphatic carbocycles. The summed E-state index contributed by atoms with van der Waals surface area (Å²) in [5, 5.41) is 3.75. The number of anilines is 2. The number of para-hydroxylation sites is 1. The molecule has 4 rings (SSSR count). The Bertz CT molecular complexity index is 1050. The normalized spacial score (nSPS) is 10.8. The maximum atomic E-state index is 13.7. The third kappa shape index (κ3) is 3.17. The highest BCUT2D eigenvalue weighted by Gasteiger charge is 2.11. The molecule has 1 aromatic heterocycles. The van der Waals surface area contributed by atoms with Crippen LogP contribution in [0.25, 0.3) is 22.3 Å². The first kappa shape index (κ1) is 15.2. The highest BCUT2D eigenvalue weighted by Crippen LogP contribution is 2.28. The number of benzene rings is 3. The van der Waals surface area contributed by atoms with Crippen molar-refractivity contribution < 1.29 is 8.78 Å². The quantitative estimate of drug-likeness (QED) is 0.551. The van der Waals surface area contributed by atoms with E-state index in [0.717, 1.165) is 5.69 Å². The van der Waals surface area contributed by atoms with Crippen LogP contribution in [0.15, 0.2) is 72.8 Å². The van der Waals surface area contributed by atoms with Crippen molar-refractivity contribution in [2.75, 3.05) is 5.32 Å². The van der Waals surface area contributed by atoms with Crippen LogP contribution in [0.3, 0.4) is 0 Å². The monoisotopic (exact) mass is 333 g/mol. The molecule has 0 fully saturated rings. The van der Waals surface area contributed by atoms with Gasteiger partial charge in [0.05, 0.1) is 5.52 Å². The van der Waals surface area contributed by atoms with Gasteiger partial charge in [-0.25, -0.2) is 18.7 Å². The highest BCUT2D eigenvalue weighted by molar-refractivity contribution is 5.92. The largest absolute Gasteiger partial charge is 0.340 e. The number of hydrogen-bond acceptors (Lipinski definition) is 3. The Kier molecular flexibility index (Phi) is 3.82. The van der Waals surface area contributed by atoms with Crippen LogP contribution in [0.1, 0.15) is 0 Å². The van der Waals surface area contributed by atoms with Gasteiger partial charge in [0.2, 0.25) is 0 Å². The Labute approximate surface area is 143 Å². The molecule has 0 spiro atoms. The second kappa shape index (κ2) is 6.28. The molecule has 0 radical (unpaired) electrons. The van der Waals surface area contributed by atoms with Crippen molar-refractivity contribution in [1.82, 2.24) is 9.97 Å². The summed E-state index contributed by atoms with van der Waals surface area (Å²) in [4.78, 5) is 8.94. The Hall–Kier alpha value is -3.34. The number of aromatic nitrogens is 2. The Morgan fingerprint density at radius 2 is 1.52 bits per heavy atom. The minimum Gasteiger partial charge on any atom is -0.340 e. The molecule has 0 unspecified atom stereocenters. The van der Waals surface area contributed by atoms with E-state index in [1.807, 2.05) is 30.3 Å². The van der Waals surface area contributed by atoms with Crippen molar-refractivity contribution in [3.8, 4) is 11.4 Å². The molecular formula is C20H13F2N3. The van der Waals surface area contributed by atoms with Crippen LogP contribution in [0.4, 0.5) is 20.3 Å². The first-order valence-corrected chi connectivity index (χ1v) is 7.74. The Morgan fingerprint density at radius 3 is 2.32 bits per heavy atom. The molecule has 3 aromatic carbocycles. The van der Waals surface area contributed by atoms with Gasteiger partial charge in [-0.15, -0.1) is 0 Å². The number of nitrogens with zero attached hydrogens (tertiary/aromatic N) is 2. The van der Waals surface area contributed by atoms with Crippen molar-refractivity contribution in [2.45, 2.75) is 0 Å². The molecule has 122 valence electrons. The summed E-state index contributed by atoms with van der Waals surface area (Å²) in [5.74, 6) is 0.107. The zero-order chi connectivity index (χ0) is 17.2. The van der Waals surface area contributed by atoms with E-state index in [1.54, 1.807) is 18.2 Å². The third-order valence-electron chi connectivity index (χ3n) is 3.78. The molecule has 5 heteroatoms.